The Labute approximate surface area is 117 Å². The van der Waals surface area contributed by atoms with Crippen LogP contribution in [-0.4, -0.2) is 71.1 Å². The first kappa shape index (κ1) is 16.2. The van der Waals surface area contributed by atoms with Gasteiger partial charge in [0.05, 0.1) is 6.42 Å². The number of primary amides is 1. The highest BCUT2D eigenvalue weighted by molar-refractivity contribution is 5.87. The summed E-state index contributed by atoms with van der Waals surface area (Å²) in [5, 5.41) is 11.3. The second-order valence-electron chi connectivity index (χ2n) is 4.93. The Hall–Kier alpha value is -1.83. The zero-order valence-electron chi connectivity index (χ0n) is 11.8. The van der Waals surface area contributed by atoms with Crippen LogP contribution in [0.3, 0.4) is 0 Å². The van der Waals surface area contributed by atoms with E-state index in [0.717, 1.165) is 13.1 Å². The normalized spacial score (nSPS) is 21.3. The maximum absolute atomic E-state index is 12.0. The van der Waals surface area contributed by atoms with E-state index >= 15 is 0 Å². The van der Waals surface area contributed by atoms with Gasteiger partial charge in [-0.2, -0.15) is 0 Å². The molecule has 1 aliphatic rings. The van der Waals surface area contributed by atoms with Crippen LogP contribution < -0.4 is 11.1 Å². The number of amides is 3. The van der Waals surface area contributed by atoms with E-state index in [1.165, 1.54) is 0 Å². The molecule has 0 saturated carbocycles. The molecule has 4 N–H and O–H groups in total. The molecule has 0 aromatic heterocycles. The number of nitrogens with two attached hydrogens (primary N) is 1. The largest absolute Gasteiger partial charge is 0.480 e. The van der Waals surface area contributed by atoms with Crippen molar-refractivity contribution in [3.05, 3.63) is 0 Å². The predicted molar refractivity (Wildman–Crippen MR) is 72.0 cm³/mol. The summed E-state index contributed by atoms with van der Waals surface area (Å²) in [6.07, 6.45) is -0.411. The van der Waals surface area contributed by atoms with Crippen LogP contribution in [0.15, 0.2) is 0 Å². The van der Waals surface area contributed by atoms with Crippen molar-refractivity contribution in [1.29, 1.82) is 0 Å². The van der Waals surface area contributed by atoms with Crippen molar-refractivity contribution >= 4 is 17.9 Å². The van der Waals surface area contributed by atoms with Gasteiger partial charge in [0.1, 0.15) is 6.04 Å². The van der Waals surface area contributed by atoms with Crippen molar-refractivity contribution < 1.29 is 19.5 Å². The first-order chi connectivity index (χ1) is 9.35. The molecular weight excluding hydrogens is 264 g/mol. The van der Waals surface area contributed by atoms with Gasteiger partial charge in [-0.1, -0.05) is 6.92 Å². The lowest BCUT2D eigenvalue weighted by atomic mass is 10.2. The third-order valence-corrected chi connectivity index (χ3v) is 3.46. The fourth-order valence-corrected chi connectivity index (χ4v) is 2.29. The van der Waals surface area contributed by atoms with E-state index in [1.54, 1.807) is 4.90 Å². The number of rotatable bonds is 5. The van der Waals surface area contributed by atoms with Gasteiger partial charge >= 0.3 is 12.0 Å². The maximum Gasteiger partial charge on any atom is 0.326 e. The number of carboxylic acids is 1. The number of urea groups is 1. The summed E-state index contributed by atoms with van der Waals surface area (Å²) in [6, 6.07) is -1.53. The van der Waals surface area contributed by atoms with E-state index < -0.39 is 30.4 Å². The molecule has 1 rings (SSSR count). The van der Waals surface area contributed by atoms with Gasteiger partial charge in [-0.15, -0.1) is 0 Å². The zero-order chi connectivity index (χ0) is 15.3. The van der Waals surface area contributed by atoms with Crippen LogP contribution in [0, 0.1) is 0 Å². The topological polar surface area (TPSA) is 116 Å². The Balaban J connectivity index is 2.57. The Kier molecular flexibility index (Phi) is 5.75. The second-order valence-corrected chi connectivity index (χ2v) is 4.93. The van der Waals surface area contributed by atoms with Crippen LogP contribution in [0.1, 0.15) is 20.3 Å². The first-order valence-corrected chi connectivity index (χ1v) is 6.65. The third kappa shape index (κ3) is 4.37. The van der Waals surface area contributed by atoms with Crippen LogP contribution >= 0.6 is 0 Å². The number of nitrogens with zero attached hydrogens (tertiary/aromatic N) is 2. The molecule has 0 aromatic rings. The number of aliphatic carboxylic acids is 1. The fourth-order valence-electron chi connectivity index (χ4n) is 2.29. The van der Waals surface area contributed by atoms with Gasteiger partial charge in [0.2, 0.25) is 5.91 Å². The highest BCUT2D eigenvalue weighted by atomic mass is 16.4. The number of carboxylic acid groups (broad SMARTS) is 1. The number of likely N-dealkylation sites (N-methyl/N-ethyl adjacent to an activating group) is 1. The fraction of sp³-hybridized carbons (Fsp3) is 0.750. The summed E-state index contributed by atoms with van der Waals surface area (Å²) in [7, 11) is 0. The van der Waals surface area contributed by atoms with Crippen molar-refractivity contribution in [1.82, 2.24) is 15.1 Å². The lowest BCUT2D eigenvalue weighted by Gasteiger charge is -2.39. The summed E-state index contributed by atoms with van der Waals surface area (Å²) < 4.78 is 0. The summed E-state index contributed by atoms with van der Waals surface area (Å²) in [4.78, 5) is 37.6. The molecule has 8 nitrogen and oxygen atoms in total. The summed E-state index contributed by atoms with van der Waals surface area (Å²) in [5.74, 6) is -2.03. The van der Waals surface area contributed by atoms with E-state index in [9.17, 15) is 14.4 Å². The SMILES string of the molecule is CCN1CCN(C(=O)NC(CC(N)=O)C(=O)O)CC1C. The molecule has 2 atom stereocenters. The molecular formula is C12H22N4O4. The van der Waals surface area contributed by atoms with E-state index in [0.29, 0.717) is 13.1 Å². The number of hydrogen-bond donors (Lipinski definition) is 3. The minimum Gasteiger partial charge on any atom is -0.480 e. The van der Waals surface area contributed by atoms with E-state index in [1.807, 2.05) is 6.92 Å². The molecule has 0 aromatic carbocycles. The number of nitrogens with one attached hydrogen (secondary N) is 1. The molecule has 0 radical (unpaired) electrons. The Morgan fingerprint density at radius 2 is 2.05 bits per heavy atom. The van der Waals surface area contributed by atoms with Gasteiger partial charge in [0.15, 0.2) is 0 Å². The standard InChI is InChI=1S/C12H22N4O4/c1-3-15-4-5-16(7-8(15)2)12(20)14-9(11(18)19)6-10(13)17/h8-9H,3-7H2,1-2H3,(H2,13,17)(H,14,20)(H,18,19). The van der Waals surface area contributed by atoms with E-state index in [2.05, 4.69) is 17.1 Å². The summed E-state index contributed by atoms with van der Waals surface area (Å²) in [5.41, 5.74) is 4.97. The van der Waals surface area contributed by atoms with Crippen molar-refractivity contribution in [2.45, 2.75) is 32.4 Å². The van der Waals surface area contributed by atoms with Crippen molar-refractivity contribution in [3.63, 3.8) is 0 Å². The highest BCUT2D eigenvalue weighted by Crippen LogP contribution is 2.09. The molecule has 8 heteroatoms. The molecule has 3 amide bonds. The monoisotopic (exact) mass is 286 g/mol. The van der Waals surface area contributed by atoms with Crippen LogP contribution in [-0.2, 0) is 9.59 Å². The highest BCUT2D eigenvalue weighted by Gasteiger charge is 2.29. The third-order valence-electron chi connectivity index (χ3n) is 3.46. The second kappa shape index (κ2) is 7.09. The van der Waals surface area contributed by atoms with E-state index in [4.69, 9.17) is 10.8 Å². The van der Waals surface area contributed by atoms with Gasteiger partial charge in [0.25, 0.3) is 0 Å². The quantitative estimate of drug-likeness (QED) is 0.602. The zero-order valence-corrected chi connectivity index (χ0v) is 11.8. The number of piperazine rings is 1. The van der Waals surface area contributed by atoms with Crippen molar-refractivity contribution in [2.24, 2.45) is 5.73 Å². The van der Waals surface area contributed by atoms with Crippen LogP contribution in [0.5, 0.6) is 0 Å². The minimum absolute atomic E-state index is 0.221. The first-order valence-electron chi connectivity index (χ1n) is 6.65. The van der Waals surface area contributed by atoms with Crippen LogP contribution in [0.2, 0.25) is 0 Å². The summed E-state index contributed by atoms with van der Waals surface area (Å²) >= 11 is 0. The molecule has 20 heavy (non-hydrogen) atoms. The molecule has 1 heterocycles. The minimum atomic E-state index is -1.28. The number of carbonyl (C=O) groups excluding carboxylic acids is 2. The van der Waals surface area contributed by atoms with Crippen LogP contribution in [0.25, 0.3) is 0 Å². The Bertz CT molecular complexity index is 388. The van der Waals surface area contributed by atoms with Gasteiger partial charge in [-0.25, -0.2) is 9.59 Å². The lowest BCUT2D eigenvalue weighted by molar-refractivity contribution is -0.141. The lowest BCUT2D eigenvalue weighted by Crippen LogP contribution is -2.57. The predicted octanol–water partition coefficient (Wildman–Crippen LogP) is -0.949. The van der Waals surface area contributed by atoms with Crippen molar-refractivity contribution in [2.75, 3.05) is 26.2 Å². The maximum atomic E-state index is 12.0. The average molecular weight is 286 g/mol. The Morgan fingerprint density at radius 3 is 2.50 bits per heavy atom. The van der Waals surface area contributed by atoms with Gasteiger partial charge in [-0.05, 0) is 13.5 Å². The average Bonchev–Trinajstić information content (AvgIpc) is 2.37. The molecule has 0 bridgehead atoms. The van der Waals surface area contributed by atoms with Crippen LogP contribution in [0.4, 0.5) is 4.79 Å². The molecule has 0 spiro atoms. The molecule has 2 unspecified atom stereocenters. The van der Waals surface area contributed by atoms with E-state index in [-0.39, 0.29) is 6.04 Å². The molecule has 1 aliphatic heterocycles. The molecule has 1 saturated heterocycles. The smallest absolute Gasteiger partial charge is 0.326 e. The number of hydrogen-bond acceptors (Lipinski definition) is 4. The molecule has 114 valence electrons. The molecule has 1 fully saturated rings. The number of carbonyl (C=O) groups is 3. The van der Waals surface area contributed by atoms with Gasteiger partial charge in [0, 0.05) is 25.7 Å². The van der Waals surface area contributed by atoms with Gasteiger partial charge < -0.3 is 21.1 Å². The van der Waals surface area contributed by atoms with Crippen molar-refractivity contribution in [3.8, 4) is 0 Å². The Morgan fingerprint density at radius 1 is 1.40 bits per heavy atom. The molecule has 0 aliphatic carbocycles. The summed E-state index contributed by atoms with van der Waals surface area (Å²) in [6.45, 7) is 6.80. The van der Waals surface area contributed by atoms with Gasteiger partial charge in [-0.3, -0.25) is 9.69 Å².